The number of rotatable bonds is 2. The minimum absolute atomic E-state index is 0.244. The highest BCUT2D eigenvalue weighted by Crippen LogP contribution is 2.41. The van der Waals surface area contributed by atoms with Gasteiger partial charge in [-0.05, 0) is 29.3 Å². The van der Waals surface area contributed by atoms with Crippen LogP contribution in [0.3, 0.4) is 0 Å². The Labute approximate surface area is 130 Å². The van der Waals surface area contributed by atoms with Crippen molar-refractivity contribution in [3.63, 3.8) is 0 Å². The molecule has 22 heavy (non-hydrogen) atoms. The first kappa shape index (κ1) is 14.9. The first-order valence-corrected chi connectivity index (χ1v) is 6.86. The van der Waals surface area contributed by atoms with Crippen molar-refractivity contribution in [1.29, 1.82) is 0 Å². The third-order valence-electron chi connectivity index (χ3n) is 3.55. The maximum absolute atomic E-state index is 13.1. The van der Waals surface area contributed by atoms with Crippen LogP contribution in [-0.2, 0) is 12.7 Å². The van der Waals surface area contributed by atoms with Gasteiger partial charge in [-0.1, -0.05) is 23.7 Å². The van der Waals surface area contributed by atoms with E-state index in [0.717, 1.165) is 12.1 Å². The number of methoxy groups -OCH3 is 1. The molecule has 1 aliphatic heterocycles. The Balaban J connectivity index is 2.27. The van der Waals surface area contributed by atoms with Gasteiger partial charge in [0.05, 0.1) is 24.2 Å². The van der Waals surface area contributed by atoms with Crippen molar-refractivity contribution in [3.8, 4) is 16.9 Å². The van der Waals surface area contributed by atoms with E-state index in [1.165, 1.54) is 7.11 Å². The van der Waals surface area contributed by atoms with Gasteiger partial charge in [-0.15, -0.1) is 0 Å². The van der Waals surface area contributed by atoms with Crippen LogP contribution in [0, 0.1) is 0 Å². The number of fused-ring (bicyclic) bond motifs is 1. The number of nitrogens with zero attached hydrogens (tertiary/aromatic N) is 1. The second-order valence-corrected chi connectivity index (χ2v) is 5.26. The highest BCUT2D eigenvalue weighted by atomic mass is 35.5. The molecule has 0 radical (unpaired) electrons. The lowest BCUT2D eigenvalue weighted by molar-refractivity contribution is -0.137. The predicted octanol–water partition coefficient (Wildman–Crippen LogP) is 4.97. The molecule has 0 saturated heterocycles. The fourth-order valence-electron chi connectivity index (χ4n) is 2.49. The lowest BCUT2D eigenvalue weighted by Gasteiger charge is -2.15. The van der Waals surface area contributed by atoms with Crippen molar-refractivity contribution < 1.29 is 17.9 Å². The van der Waals surface area contributed by atoms with E-state index < -0.39 is 11.7 Å². The van der Waals surface area contributed by atoms with E-state index in [2.05, 4.69) is 4.99 Å². The van der Waals surface area contributed by atoms with Crippen molar-refractivity contribution in [3.05, 3.63) is 52.0 Å². The topological polar surface area (TPSA) is 21.6 Å². The monoisotopic (exact) mass is 325 g/mol. The van der Waals surface area contributed by atoms with Crippen LogP contribution in [0.15, 0.2) is 35.3 Å². The molecule has 1 aliphatic rings. The number of halogens is 4. The molecular formula is C16H11ClF3NO. The van der Waals surface area contributed by atoms with Crippen molar-refractivity contribution in [2.45, 2.75) is 12.7 Å². The van der Waals surface area contributed by atoms with Crippen molar-refractivity contribution in [2.75, 3.05) is 7.11 Å². The molecule has 0 N–H and O–H groups in total. The molecule has 2 aromatic carbocycles. The molecule has 6 heteroatoms. The Morgan fingerprint density at radius 1 is 1.18 bits per heavy atom. The zero-order chi connectivity index (χ0) is 15.9. The van der Waals surface area contributed by atoms with Gasteiger partial charge in [-0.3, -0.25) is 4.99 Å². The summed E-state index contributed by atoms with van der Waals surface area (Å²) in [5, 5.41) is 0.284. The van der Waals surface area contributed by atoms with Gasteiger partial charge < -0.3 is 4.74 Å². The van der Waals surface area contributed by atoms with Gasteiger partial charge in [-0.2, -0.15) is 13.2 Å². The van der Waals surface area contributed by atoms with Gasteiger partial charge in [0.25, 0.3) is 0 Å². The standard InChI is InChI=1S/C16H11ClF3NO/c1-22-14-4-2-3-11(15(14)17)12-6-10(16(18,19)20)5-9-7-21-8-13(9)12/h2-6,8H,7H2,1H3. The van der Waals surface area contributed by atoms with Crippen LogP contribution < -0.4 is 4.74 Å². The second kappa shape index (κ2) is 5.32. The number of benzene rings is 2. The number of hydrogen-bond acceptors (Lipinski definition) is 2. The Kier molecular flexibility index (Phi) is 3.60. The highest BCUT2D eigenvalue weighted by molar-refractivity contribution is 6.35. The second-order valence-electron chi connectivity index (χ2n) is 4.89. The lowest BCUT2D eigenvalue weighted by Crippen LogP contribution is -2.07. The molecule has 0 spiro atoms. The predicted molar refractivity (Wildman–Crippen MR) is 79.7 cm³/mol. The summed E-state index contributed by atoms with van der Waals surface area (Å²) in [7, 11) is 1.46. The highest BCUT2D eigenvalue weighted by Gasteiger charge is 2.33. The zero-order valence-corrected chi connectivity index (χ0v) is 12.3. The molecule has 0 bridgehead atoms. The van der Waals surface area contributed by atoms with E-state index >= 15 is 0 Å². The minimum atomic E-state index is -4.42. The summed E-state index contributed by atoms with van der Waals surface area (Å²) in [6.45, 7) is 0.244. The van der Waals surface area contributed by atoms with Crippen LogP contribution in [0.4, 0.5) is 13.2 Å². The van der Waals surface area contributed by atoms with Gasteiger partial charge >= 0.3 is 6.18 Å². The van der Waals surface area contributed by atoms with Crippen LogP contribution in [0.25, 0.3) is 11.1 Å². The summed E-state index contributed by atoms with van der Waals surface area (Å²) >= 11 is 6.26. The third-order valence-corrected chi connectivity index (χ3v) is 3.94. The molecular weight excluding hydrogens is 315 g/mol. The van der Waals surface area contributed by atoms with Gasteiger partial charge in [-0.25, -0.2) is 0 Å². The smallest absolute Gasteiger partial charge is 0.416 e. The van der Waals surface area contributed by atoms with Crippen molar-refractivity contribution in [1.82, 2.24) is 0 Å². The molecule has 2 aromatic rings. The summed E-state index contributed by atoms with van der Waals surface area (Å²) in [6, 6.07) is 7.27. The summed E-state index contributed by atoms with van der Waals surface area (Å²) in [6.07, 6.45) is -2.83. The molecule has 0 aliphatic carbocycles. The quantitative estimate of drug-likeness (QED) is 0.764. The maximum Gasteiger partial charge on any atom is 0.416 e. The van der Waals surface area contributed by atoms with E-state index in [4.69, 9.17) is 16.3 Å². The normalized spacial score (nSPS) is 13.3. The summed E-state index contributed by atoms with van der Waals surface area (Å²) in [5.41, 5.74) is 1.42. The van der Waals surface area contributed by atoms with Gasteiger partial charge in [0.1, 0.15) is 5.75 Å². The molecule has 1 heterocycles. The van der Waals surface area contributed by atoms with Crippen molar-refractivity contribution in [2.24, 2.45) is 4.99 Å². The minimum Gasteiger partial charge on any atom is -0.495 e. The Hall–Kier alpha value is -2.01. The van der Waals surface area contributed by atoms with E-state index in [1.54, 1.807) is 24.4 Å². The molecule has 0 aromatic heterocycles. The van der Waals surface area contributed by atoms with Crippen LogP contribution in [0.5, 0.6) is 5.75 Å². The van der Waals surface area contributed by atoms with E-state index in [1.807, 2.05) is 0 Å². The molecule has 0 atom stereocenters. The van der Waals surface area contributed by atoms with Crippen molar-refractivity contribution >= 4 is 17.8 Å². The molecule has 0 saturated carbocycles. The molecule has 3 rings (SSSR count). The van der Waals surface area contributed by atoms with E-state index in [9.17, 15) is 13.2 Å². The summed E-state index contributed by atoms with van der Waals surface area (Å²) in [5.74, 6) is 0.417. The van der Waals surface area contributed by atoms with Crippen LogP contribution >= 0.6 is 11.6 Å². The van der Waals surface area contributed by atoms with E-state index in [0.29, 0.717) is 28.0 Å². The molecule has 0 fully saturated rings. The number of ether oxygens (including phenoxy) is 1. The maximum atomic E-state index is 13.1. The van der Waals surface area contributed by atoms with Gasteiger partial charge in [0.2, 0.25) is 0 Å². The molecule has 0 amide bonds. The van der Waals surface area contributed by atoms with E-state index in [-0.39, 0.29) is 11.6 Å². The fraction of sp³-hybridized carbons (Fsp3) is 0.188. The average molecular weight is 326 g/mol. The summed E-state index contributed by atoms with van der Waals surface area (Å²) in [4.78, 5) is 4.07. The Morgan fingerprint density at radius 2 is 1.95 bits per heavy atom. The average Bonchev–Trinajstić information content (AvgIpc) is 2.94. The number of hydrogen-bond donors (Lipinski definition) is 0. The first-order chi connectivity index (χ1) is 10.4. The third kappa shape index (κ3) is 2.46. The number of alkyl halides is 3. The Bertz CT molecular complexity index is 769. The van der Waals surface area contributed by atoms with Gasteiger partial charge in [0.15, 0.2) is 0 Å². The molecule has 114 valence electrons. The van der Waals surface area contributed by atoms with Crippen LogP contribution in [-0.4, -0.2) is 13.3 Å². The largest absolute Gasteiger partial charge is 0.495 e. The first-order valence-electron chi connectivity index (χ1n) is 6.48. The Morgan fingerprint density at radius 3 is 2.64 bits per heavy atom. The van der Waals surface area contributed by atoms with Crippen LogP contribution in [0.2, 0.25) is 5.02 Å². The summed E-state index contributed by atoms with van der Waals surface area (Å²) < 4.78 is 44.4. The number of aliphatic imine (C=N–C) groups is 1. The molecule has 2 nitrogen and oxygen atoms in total. The van der Waals surface area contributed by atoms with Crippen LogP contribution in [0.1, 0.15) is 16.7 Å². The fourth-order valence-corrected chi connectivity index (χ4v) is 2.80. The lowest BCUT2D eigenvalue weighted by atomic mass is 9.94. The SMILES string of the molecule is COc1cccc(-c2cc(C(F)(F)F)cc3c2C=NC3)c1Cl. The zero-order valence-electron chi connectivity index (χ0n) is 11.5. The van der Waals surface area contributed by atoms with Gasteiger partial charge in [0, 0.05) is 17.3 Å². The molecule has 0 unspecified atom stereocenters.